The quantitative estimate of drug-likeness (QED) is 0.459. The summed E-state index contributed by atoms with van der Waals surface area (Å²) in [7, 11) is 0. The molecule has 1 aliphatic heterocycles. The van der Waals surface area contributed by atoms with Gasteiger partial charge in [0, 0.05) is 22.7 Å². The zero-order valence-corrected chi connectivity index (χ0v) is 15.4. The number of allylic oxidation sites excluding steroid dienone is 1. The first-order valence-electron chi connectivity index (χ1n) is 9.05. The van der Waals surface area contributed by atoms with Crippen LogP contribution in [-0.4, -0.2) is 29.0 Å². The Balaban J connectivity index is 1.71. The molecule has 0 saturated carbocycles. The number of aromatic nitrogens is 1. The first-order valence-corrected chi connectivity index (χ1v) is 9.05. The van der Waals surface area contributed by atoms with Gasteiger partial charge in [0.1, 0.15) is 24.4 Å². The highest BCUT2D eigenvalue weighted by Crippen LogP contribution is 2.39. The molecule has 0 saturated heterocycles. The van der Waals surface area contributed by atoms with E-state index in [1.54, 1.807) is 12.3 Å². The van der Waals surface area contributed by atoms with Gasteiger partial charge in [-0.1, -0.05) is 18.2 Å². The number of ketones is 1. The van der Waals surface area contributed by atoms with Gasteiger partial charge in [-0.25, -0.2) is 0 Å². The lowest BCUT2D eigenvalue weighted by Gasteiger charge is -2.15. The van der Waals surface area contributed by atoms with Gasteiger partial charge in [-0.05, 0) is 24.3 Å². The Morgan fingerprint density at radius 1 is 1.14 bits per heavy atom. The van der Waals surface area contributed by atoms with Gasteiger partial charge in [-0.15, -0.1) is 0 Å². The van der Waals surface area contributed by atoms with E-state index >= 15 is 0 Å². The van der Waals surface area contributed by atoms with Crippen LogP contribution >= 0.6 is 0 Å². The highest BCUT2D eigenvalue weighted by atomic mass is 16.5. The second-order valence-corrected chi connectivity index (χ2v) is 6.77. The number of phenols is 1. The molecule has 0 unspecified atom stereocenters. The standard InChI is InChI=1S/C22H16N4O3/c23-7-9-26(10-8-24)13-17-19(27)6-5-16-21(28)20(29-22(16)17)11-14-12-25-18-4-2-1-3-15(14)18/h1-6,11-12,25,27H,9-10,13H2/p+1/b20-11+. The number of carbonyl (C=O) groups excluding carboxylic acids is 1. The number of aromatic hydroxyl groups is 1. The topological polar surface area (TPSA) is 114 Å². The zero-order chi connectivity index (χ0) is 20.4. The molecule has 0 fully saturated rings. The number of nitriles is 2. The lowest BCUT2D eigenvalue weighted by molar-refractivity contribution is -0.899. The van der Waals surface area contributed by atoms with E-state index in [9.17, 15) is 9.90 Å². The van der Waals surface area contributed by atoms with Crippen LogP contribution in [0.1, 0.15) is 21.5 Å². The lowest BCUT2D eigenvalue weighted by Crippen LogP contribution is -3.10. The first-order chi connectivity index (χ1) is 14.1. The fourth-order valence-corrected chi connectivity index (χ4v) is 3.48. The number of benzene rings is 2. The van der Waals surface area contributed by atoms with Gasteiger partial charge in [0.2, 0.25) is 5.78 Å². The maximum atomic E-state index is 12.9. The van der Waals surface area contributed by atoms with E-state index in [0.29, 0.717) is 16.0 Å². The Kier molecular flexibility index (Phi) is 4.74. The smallest absolute Gasteiger partial charge is 0.231 e. The van der Waals surface area contributed by atoms with Gasteiger partial charge in [0.05, 0.1) is 11.1 Å². The Labute approximate surface area is 166 Å². The molecule has 142 valence electrons. The molecule has 1 aliphatic rings. The van der Waals surface area contributed by atoms with Crippen molar-refractivity contribution in [1.29, 1.82) is 10.5 Å². The second-order valence-electron chi connectivity index (χ2n) is 6.77. The van der Waals surface area contributed by atoms with E-state index < -0.39 is 0 Å². The summed E-state index contributed by atoms with van der Waals surface area (Å²) in [6.07, 6.45) is 3.48. The monoisotopic (exact) mass is 385 g/mol. The highest BCUT2D eigenvalue weighted by molar-refractivity contribution is 6.15. The third-order valence-corrected chi connectivity index (χ3v) is 4.91. The fourth-order valence-electron chi connectivity index (χ4n) is 3.48. The van der Waals surface area contributed by atoms with Crippen molar-refractivity contribution in [1.82, 2.24) is 4.98 Å². The molecule has 4 rings (SSSR count). The number of nitrogens with one attached hydrogen (secondary N) is 2. The second kappa shape index (κ2) is 7.51. The molecule has 2 aromatic carbocycles. The fraction of sp³-hybridized carbons (Fsp3) is 0.136. The van der Waals surface area contributed by atoms with Crippen molar-refractivity contribution in [3.63, 3.8) is 0 Å². The number of hydrogen-bond acceptors (Lipinski definition) is 5. The number of rotatable bonds is 5. The summed E-state index contributed by atoms with van der Waals surface area (Å²) in [5, 5.41) is 29.3. The van der Waals surface area contributed by atoms with Gasteiger partial charge in [-0.3, -0.25) is 4.79 Å². The minimum absolute atomic E-state index is 0.0294. The van der Waals surface area contributed by atoms with Crippen LogP contribution < -0.4 is 9.64 Å². The van der Waals surface area contributed by atoms with Crippen molar-refractivity contribution in [2.24, 2.45) is 0 Å². The van der Waals surface area contributed by atoms with Crippen LogP contribution in [0.25, 0.3) is 17.0 Å². The molecular formula is C22H17N4O3+. The van der Waals surface area contributed by atoms with Crippen molar-refractivity contribution in [2.45, 2.75) is 6.54 Å². The minimum atomic E-state index is -0.270. The number of quaternary nitrogens is 1. The number of aromatic amines is 1. The molecule has 0 spiro atoms. The van der Waals surface area contributed by atoms with Gasteiger partial charge in [0.25, 0.3) is 0 Å². The van der Waals surface area contributed by atoms with Crippen LogP contribution in [0, 0.1) is 22.7 Å². The van der Waals surface area contributed by atoms with E-state index in [4.69, 9.17) is 15.3 Å². The third kappa shape index (κ3) is 3.31. The Bertz CT molecular complexity index is 1210. The largest absolute Gasteiger partial charge is 0.507 e. The minimum Gasteiger partial charge on any atom is -0.507 e. The summed E-state index contributed by atoms with van der Waals surface area (Å²) in [5.74, 6) is 0.153. The Hall–Kier alpha value is -4.07. The van der Waals surface area contributed by atoms with Crippen LogP contribution in [0.2, 0.25) is 0 Å². The van der Waals surface area contributed by atoms with Crippen molar-refractivity contribution in [3.8, 4) is 23.6 Å². The highest BCUT2D eigenvalue weighted by Gasteiger charge is 2.32. The molecule has 3 N–H and O–H groups in total. The van der Waals surface area contributed by atoms with E-state index in [1.165, 1.54) is 12.1 Å². The number of H-pyrrole nitrogens is 1. The first kappa shape index (κ1) is 18.3. The summed E-state index contributed by atoms with van der Waals surface area (Å²) in [4.78, 5) is 16.7. The van der Waals surface area contributed by atoms with E-state index in [1.807, 2.05) is 36.4 Å². The van der Waals surface area contributed by atoms with E-state index in [-0.39, 0.29) is 42.7 Å². The molecule has 2 heterocycles. The number of carbonyl (C=O) groups is 1. The predicted molar refractivity (Wildman–Crippen MR) is 105 cm³/mol. The predicted octanol–water partition coefficient (Wildman–Crippen LogP) is 1.92. The van der Waals surface area contributed by atoms with Crippen LogP contribution in [0.15, 0.2) is 48.4 Å². The summed E-state index contributed by atoms with van der Waals surface area (Å²) in [6, 6.07) is 14.8. The molecule has 0 bridgehead atoms. The van der Waals surface area contributed by atoms with Crippen molar-refractivity contribution in [2.75, 3.05) is 13.1 Å². The van der Waals surface area contributed by atoms with Crippen molar-refractivity contribution < 1.29 is 19.5 Å². The van der Waals surface area contributed by atoms with Gasteiger partial charge < -0.3 is 19.7 Å². The summed E-state index contributed by atoms with van der Waals surface area (Å²) < 4.78 is 5.87. The Morgan fingerprint density at radius 2 is 1.90 bits per heavy atom. The molecular weight excluding hydrogens is 368 g/mol. The van der Waals surface area contributed by atoms with Crippen molar-refractivity contribution >= 4 is 22.8 Å². The number of hydrogen-bond donors (Lipinski definition) is 3. The maximum absolute atomic E-state index is 12.9. The molecule has 0 amide bonds. The number of nitrogens with zero attached hydrogens (tertiary/aromatic N) is 2. The average molecular weight is 385 g/mol. The average Bonchev–Trinajstić information content (AvgIpc) is 3.26. The lowest BCUT2D eigenvalue weighted by atomic mass is 10.0. The van der Waals surface area contributed by atoms with Gasteiger partial charge in [-0.2, -0.15) is 10.5 Å². The molecule has 7 heteroatoms. The van der Waals surface area contributed by atoms with Crippen LogP contribution in [0.5, 0.6) is 11.5 Å². The van der Waals surface area contributed by atoms with Gasteiger partial charge >= 0.3 is 0 Å². The molecule has 29 heavy (non-hydrogen) atoms. The Morgan fingerprint density at radius 3 is 2.66 bits per heavy atom. The van der Waals surface area contributed by atoms with E-state index in [0.717, 1.165) is 16.5 Å². The molecule has 0 atom stereocenters. The molecule has 0 radical (unpaired) electrons. The maximum Gasteiger partial charge on any atom is 0.231 e. The van der Waals surface area contributed by atoms with E-state index in [2.05, 4.69) is 4.98 Å². The SMILES string of the molecule is N#CC[NH+](CC#N)Cc1c(O)ccc2c1O/C(=C/c1c[nH]c3ccccc13)C2=O. The molecule has 0 aliphatic carbocycles. The molecule has 1 aromatic heterocycles. The molecule has 7 nitrogen and oxygen atoms in total. The third-order valence-electron chi connectivity index (χ3n) is 4.91. The summed E-state index contributed by atoms with van der Waals surface area (Å²) in [5.41, 5.74) is 2.55. The normalized spacial score (nSPS) is 14.0. The summed E-state index contributed by atoms with van der Waals surface area (Å²) in [6.45, 7) is 0.398. The van der Waals surface area contributed by atoms with Crippen LogP contribution in [0.4, 0.5) is 0 Å². The molecule has 3 aromatic rings. The van der Waals surface area contributed by atoms with Crippen LogP contribution in [-0.2, 0) is 6.54 Å². The van der Waals surface area contributed by atoms with Crippen molar-refractivity contribution in [3.05, 3.63) is 65.0 Å². The number of para-hydroxylation sites is 1. The number of fused-ring (bicyclic) bond motifs is 2. The van der Waals surface area contributed by atoms with Gasteiger partial charge in [0.15, 0.2) is 24.6 Å². The number of ether oxygens (including phenoxy) is 1. The zero-order valence-electron chi connectivity index (χ0n) is 15.4. The number of Topliss-reactive ketones (excluding diaryl/α,β-unsaturated/α-hetero) is 1. The number of phenolic OH excluding ortho intramolecular Hbond substituents is 1. The summed E-state index contributed by atoms with van der Waals surface area (Å²) >= 11 is 0. The van der Waals surface area contributed by atoms with Crippen LogP contribution in [0.3, 0.4) is 0 Å².